The first-order valence-corrected chi connectivity index (χ1v) is 6.60. The molecule has 2 aromatic carbocycles. The van der Waals surface area contributed by atoms with E-state index in [1.54, 1.807) is 18.2 Å². The molecule has 0 aliphatic heterocycles. The second-order valence-electron chi connectivity index (χ2n) is 4.28. The number of rotatable bonds is 2. The molecule has 0 amide bonds. The quantitative estimate of drug-likeness (QED) is 0.734. The van der Waals surface area contributed by atoms with Gasteiger partial charge in [-0.15, -0.1) is 5.10 Å². The number of anilines is 1. The van der Waals surface area contributed by atoms with Crippen molar-refractivity contribution in [1.29, 1.82) is 0 Å². The van der Waals surface area contributed by atoms with E-state index >= 15 is 0 Å². The smallest absolute Gasteiger partial charge is 0.187 e. The van der Waals surface area contributed by atoms with E-state index in [-0.39, 0.29) is 0 Å². The fraction of sp³-hybridized carbons (Fsp3) is 0. The van der Waals surface area contributed by atoms with E-state index in [2.05, 4.69) is 15.5 Å². The average molecular weight is 324 g/mol. The molecule has 0 bridgehead atoms. The SMILES string of the molecule is Nc1cc(Cl)cc(-c2nnnn2-c2cc(F)ccc2Cl)c1. The number of nitrogens with zero attached hydrogens (tertiary/aromatic N) is 4. The Balaban J connectivity index is 2.19. The summed E-state index contributed by atoms with van der Waals surface area (Å²) in [5.41, 5.74) is 7.16. The molecular formula is C13H8Cl2FN5. The van der Waals surface area contributed by atoms with Gasteiger partial charge in [-0.2, -0.15) is 4.68 Å². The van der Waals surface area contributed by atoms with Gasteiger partial charge in [-0.25, -0.2) is 4.39 Å². The van der Waals surface area contributed by atoms with E-state index in [4.69, 9.17) is 28.9 Å². The van der Waals surface area contributed by atoms with Gasteiger partial charge in [0.15, 0.2) is 5.82 Å². The molecule has 1 aromatic heterocycles. The second kappa shape index (κ2) is 5.31. The number of aromatic nitrogens is 4. The van der Waals surface area contributed by atoms with Crippen LogP contribution in [0.4, 0.5) is 10.1 Å². The second-order valence-corrected chi connectivity index (χ2v) is 5.13. The molecule has 21 heavy (non-hydrogen) atoms. The van der Waals surface area contributed by atoms with Crippen LogP contribution in [0, 0.1) is 5.82 Å². The molecule has 8 heteroatoms. The first kappa shape index (κ1) is 13.8. The summed E-state index contributed by atoms with van der Waals surface area (Å²) in [6.07, 6.45) is 0. The van der Waals surface area contributed by atoms with Crippen molar-refractivity contribution in [3.8, 4) is 17.1 Å². The fourth-order valence-electron chi connectivity index (χ4n) is 1.92. The van der Waals surface area contributed by atoms with Crippen LogP contribution in [0.25, 0.3) is 17.1 Å². The monoisotopic (exact) mass is 323 g/mol. The fourth-order valence-corrected chi connectivity index (χ4v) is 2.36. The Morgan fingerprint density at radius 2 is 1.90 bits per heavy atom. The zero-order chi connectivity index (χ0) is 15.0. The normalized spacial score (nSPS) is 10.8. The van der Waals surface area contributed by atoms with Crippen LogP contribution < -0.4 is 5.73 Å². The Morgan fingerprint density at radius 1 is 1.10 bits per heavy atom. The zero-order valence-corrected chi connectivity index (χ0v) is 12.0. The van der Waals surface area contributed by atoms with Gasteiger partial charge in [0.2, 0.25) is 0 Å². The lowest BCUT2D eigenvalue weighted by molar-refractivity contribution is 0.625. The number of tetrazole rings is 1. The van der Waals surface area contributed by atoms with Crippen LogP contribution in [0.2, 0.25) is 10.0 Å². The summed E-state index contributed by atoms with van der Waals surface area (Å²) in [6, 6.07) is 8.87. The van der Waals surface area contributed by atoms with Crippen LogP contribution in [0.15, 0.2) is 36.4 Å². The van der Waals surface area contributed by atoms with Crippen molar-refractivity contribution in [2.45, 2.75) is 0 Å². The highest BCUT2D eigenvalue weighted by Crippen LogP contribution is 2.28. The minimum Gasteiger partial charge on any atom is -0.399 e. The summed E-state index contributed by atoms with van der Waals surface area (Å²) >= 11 is 12.1. The molecule has 0 aliphatic carbocycles. The molecule has 0 spiro atoms. The first-order chi connectivity index (χ1) is 10.0. The lowest BCUT2D eigenvalue weighted by atomic mass is 10.2. The Hall–Kier alpha value is -2.18. The summed E-state index contributed by atoms with van der Waals surface area (Å²) in [4.78, 5) is 0. The van der Waals surface area contributed by atoms with Gasteiger partial charge < -0.3 is 5.73 Å². The third-order valence-corrected chi connectivity index (χ3v) is 3.32. The predicted molar refractivity (Wildman–Crippen MR) is 79.0 cm³/mol. The summed E-state index contributed by atoms with van der Waals surface area (Å²) < 4.78 is 14.7. The number of nitrogen functional groups attached to an aromatic ring is 1. The maximum absolute atomic E-state index is 13.4. The average Bonchev–Trinajstić information content (AvgIpc) is 2.89. The number of hydrogen-bond donors (Lipinski definition) is 1. The van der Waals surface area contributed by atoms with Gasteiger partial charge in [0.1, 0.15) is 5.82 Å². The predicted octanol–water partition coefficient (Wildman–Crippen LogP) is 3.36. The molecular weight excluding hydrogens is 316 g/mol. The molecule has 3 rings (SSSR count). The van der Waals surface area contributed by atoms with Gasteiger partial charge >= 0.3 is 0 Å². The number of nitrogens with two attached hydrogens (primary N) is 1. The number of hydrogen-bond acceptors (Lipinski definition) is 4. The summed E-state index contributed by atoms with van der Waals surface area (Å²) in [6.45, 7) is 0. The lowest BCUT2D eigenvalue weighted by Crippen LogP contribution is -2.02. The van der Waals surface area contributed by atoms with E-state index in [0.717, 1.165) is 0 Å². The molecule has 3 aromatic rings. The van der Waals surface area contributed by atoms with E-state index in [1.165, 1.54) is 22.9 Å². The summed E-state index contributed by atoms with van der Waals surface area (Å²) in [7, 11) is 0. The third kappa shape index (κ3) is 2.68. The Labute approximate surface area is 129 Å². The van der Waals surface area contributed by atoms with Crippen LogP contribution in [0.5, 0.6) is 0 Å². The first-order valence-electron chi connectivity index (χ1n) is 5.85. The van der Waals surface area contributed by atoms with Crippen molar-refractivity contribution >= 4 is 28.9 Å². The van der Waals surface area contributed by atoms with E-state index < -0.39 is 5.82 Å². The van der Waals surface area contributed by atoms with Gasteiger partial charge in [0.25, 0.3) is 0 Å². The maximum Gasteiger partial charge on any atom is 0.187 e. The topological polar surface area (TPSA) is 69.6 Å². The summed E-state index contributed by atoms with van der Waals surface area (Å²) in [5, 5.41) is 12.1. The van der Waals surface area contributed by atoms with E-state index in [0.29, 0.717) is 32.8 Å². The molecule has 0 saturated heterocycles. The Bertz CT molecular complexity index is 798. The highest BCUT2D eigenvalue weighted by molar-refractivity contribution is 6.32. The molecule has 106 valence electrons. The maximum atomic E-state index is 13.4. The summed E-state index contributed by atoms with van der Waals surface area (Å²) in [5.74, 6) is -0.0850. The number of benzene rings is 2. The molecule has 1 heterocycles. The Kier molecular flexibility index (Phi) is 3.48. The van der Waals surface area contributed by atoms with Gasteiger partial charge in [-0.1, -0.05) is 23.2 Å². The zero-order valence-electron chi connectivity index (χ0n) is 10.5. The van der Waals surface area contributed by atoms with Crippen molar-refractivity contribution < 1.29 is 4.39 Å². The van der Waals surface area contributed by atoms with Crippen molar-refractivity contribution in [2.75, 3.05) is 5.73 Å². The molecule has 2 N–H and O–H groups in total. The third-order valence-electron chi connectivity index (χ3n) is 2.78. The van der Waals surface area contributed by atoms with E-state index in [9.17, 15) is 4.39 Å². The molecule has 0 unspecified atom stereocenters. The molecule has 0 radical (unpaired) electrons. The van der Waals surface area contributed by atoms with Crippen LogP contribution >= 0.6 is 23.2 Å². The minimum absolute atomic E-state index is 0.319. The molecule has 0 saturated carbocycles. The minimum atomic E-state index is -0.443. The molecule has 5 nitrogen and oxygen atoms in total. The number of halogens is 3. The molecule has 0 aliphatic rings. The lowest BCUT2D eigenvalue weighted by Gasteiger charge is -2.07. The van der Waals surface area contributed by atoms with Crippen LogP contribution in [-0.2, 0) is 0 Å². The van der Waals surface area contributed by atoms with Crippen LogP contribution in [0.3, 0.4) is 0 Å². The van der Waals surface area contributed by atoms with Crippen molar-refractivity contribution in [3.05, 3.63) is 52.3 Å². The van der Waals surface area contributed by atoms with Crippen LogP contribution in [-0.4, -0.2) is 20.2 Å². The van der Waals surface area contributed by atoms with Gasteiger partial charge in [0.05, 0.1) is 10.7 Å². The van der Waals surface area contributed by atoms with Crippen molar-refractivity contribution in [3.63, 3.8) is 0 Å². The van der Waals surface area contributed by atoms with Crippen LogP contribution in [0.1, 0.15) is 0 Å². The standard InChI is InChI=1S/C13H8Cl2FN5/c14-8-3-7(4-10(17)5-8)13-18-19-20-21(13)12-6-9(16)1-2-11(12)15/h1-6H,17H2. The molecule has 0 fully saturated rings. The molecule has 0 atom stereocenters. The Morgan fingerprint density at radius 3 is 2.67 bits per heavy atom. The van der Waals surface area contributed by atoms with Gasteiger partial charge in [0, 0.05) is 22.3 Å². The highest BCUT2D eigenvalue weighted by Gasteiger charge is 2.15. The largest absolute Gasteiger partial charge is 0.399 e. The van der Waals surface area contributed by atoms with Crippen molar-refractivity contribution in [1.82, 2.24) is 20.2 Å². The highest BCUT2D eigenvalue weighted by atomic mass is 35.5. The van der Waals surface area contributed by atoms with Gasteiger partial charge in [-0.3, -0.25) is 0 Å². The van der Waals surface area contributed by atoms with Crippen molar-refractivity contribution in [2.24, 2.45) is 0 Å². The van der Waals surface area contributed by atoms with E-state index in [1.807, 2.05) is 0 Å². The van der Waals surface area contributed by atoms with Gasteiger partial charge in [-0.05, 0) is 40.8 Å².